The second-order valence-electron chi connectivity index (χ2n) is 3.71. The van der Waals surface area contributed by atoms with E-state index in [9.17, 15) is 4.79 Å². The van der Waals surface area contributed by atoms with Crippen LogP contribution in [-0.2, 0) is 11.3 Å². The molecule has 0 aliphatic rings. The summed E-state index contributed by atoms with van der Waals surface area (Å²) >= 11 is 0. The quantitative estimate of drug-likeness (QED) is 0.789. The van der Waals surface area contributed by atoms with E-state index >= 15 is 0 Å². The first-order valence-corrected chi connectivity index (χ1v) is 5.15. The molecule has 1 atom stereocenters. The lowest BCUT2D eigenvalue weighted by atomic mass is 10.2. The molecule has 0 amide bonds. The number of hydrogen-bond acceptors (Lipinski definition) is 4. The van der Waals surface area contributed by atoms with E-state index in [1.165, 1.54) is 6.26 Å². The van der Waals surface area contributed by atoms with Crippen molar-refractivity contribution in [1.29, 1.82) is 0 Å². The summed E-state index contributed by atoms with van der Waals surface area (Å²) in [4.78, 5) is 14.7. The van der Waals surface area contributed by atoms with Gasteiger partial charge in [0.2, 0.25) is 5.89 Å². The summed E-state index contributed by atoms with van der Waals surface area (Å²) in [5.41, 5.74) is 0.759. The highest BCUT2D eigenvalue weighted by atomic mass is 16.4. The zero-order valence-corrected chi connectivity index (χ0v) is 9.28. The van der Waals surface area contributed by atoms with Crippen LogP contribution in [0.4, 0.5) is 0 Å². The molecule has 2 rings (SSSR count). The Morgan fingerprint density at radius 2 is 2.47 bits per heavy atom. The van der Waals surface area contributed by atoms with Crippen molar-refractivity contribution in [3.8, 4) is 11.5 Å². The van der Waals surface area contributed by atoms with Crippen LogP contribution in [0.15, 0.2) is 35.3 Å². The molecular weight excluding hydrogens is 222 g/mol. The average Bonchev–Trinajstić information content (AvgIpc) is 2.83. The maximum atomic E-state index is 10.7. The van der Waals surface area contributed by atoms with Gasteiger partial charge < -0.3 is 9.52 Å². The van der Waals surface area contributed by atoms with E-state index in [4.69, 9.17) is 9.52 Å². The van der Waals surface area contributed by atoms with Gasteiger partial charge in [-0.15, -0.1) is 0 Å². The van der Waals surface area contributed by atoms with Crippen LogP contribution >= 0.6 is 0 Å². The second kappa shape index (κ2) is 4.73. The largest absolute Gasteiger partial charge is 0.481 e. The molecule has 0 saturated heterocycles. The molecule has 0 saturated carbocycles. The molecule has 1 N–H and O–H groups in total. The van der Waals surface area contributed by atoms with Crippen LogP contribution in [0.3, 0.4) is 0 Å². The Hall–Kier alpha value is -2.24. The molecule has 0 radical (unpaired) electrons. The number of aromatic nitrogens is 3. The fraction of sp³-hybridized carbons (Fsp3) is 0.273. The van der Waals surface area contributed by atoms with Gasteiger partial charge in [-0.1, -0.05) is 4.68 Å². The molecule has 0 aliphatic carbocycles. The first kappa shape index (κ1) is 11.3. The lowest BCUT2D eigenvalue weighted by Crippen LogP contribution is -2.42. The Labute approximate surface area is 97.5 Å². The third-order valence-electron chi connectivity index (χ3n) is 2.33. The fourth-order valence-corrected chi connectivity index (χ4v) is 1.34. The summed E-state index contributed by atoms with van der Waals surface area (Å²) in [5.74, 6) is -0.813. The second-order valence-corrected chi connectivity index (χ2v) is 3.71. The van der Waals surface area contributed by atoms with Gasteiger partial charge in [-0.25, -0.2) is 4.98 Å². The Morgan fingerprint density at radius 1 is 1.65 bits per heavy atom. The molecule has 6 nitrogen and oxygen atoms in total. The molecule has 0 bridgehead atoms. The Bertz CT molecular complexity index is 493. The van der Waals surface area contributed by atoms with Crippen molar-refractivity contribution < 1.29 is 19.0 Å². The summed E-state index contributed by atoms with van der Waals surface area (Å²) in [6.07, 6.45) is 6.35. The highest BCUT2D eigenvalue weighted by Gasteiger charge is 2.17. The van der Waals surface area contributed by atoms with Gasteiger partial charge in [-0.05, 0) is 12.0 Å². The lowest BCUT2D eigenvalue weighted by Gasteiger charge is -1.99. The number of oxazole rings is 1. The molecule has 0 aromatic carbocycles. The highest BCUT2D eigenvalue weighted by Crippen LogP contribution is 2.13. The number of hydrogen-bond donors (Lipinski definition) is 1. The molecule has 0 fully saturated rings. The van der Waals surface area contributed by atoms with Crippen LogP contribution in [0, 0.1) is 5.92 Å². The van der Waals surface area contributed by atoms with Crippen LogP contribution < -0.4 is 4.68 Å². The predicted octanol–water partition coefficient (Wildman–Crippen LogP) is 0.745. The van der Waals surface area contributed by atoms with E-state index < -0.39 is 11.9 Å². The van der Waals surface area contributed by atoms with Gasteiger partial charge in [0.05, 0.1) is 11.8 Å². The topological polar surface area (TPSA) is 80.1 Å². The Kier molecular flexibility index (Phi) is 3.13. The van der Waals surface area contributed by atoms with Crippen molar-refractivity contribution in [3.63, 3.8) is 0 Å². The maximum absolute atomic E-state index is 10.7. The lowest BCUT2D eigenvalue weighted by molar-refractivity contribution is -0.757. The van der Waals surface area contributed by atoms with Gasteiger partial charge in [-0.3, -0.25) is 4.79 Å². The monoisotopic (exact) mass is 234 g/mol. The van der Waals surface area contributed by atoms with E-state index in [2.05, 4.69) is 10.1 Å². The number of carbonyl (C=O) groups is 1. The van der Waals surface area contributed by atoms with Gasteiger partial charge in [0.15, 0.2) is 12.7 Å². The summed E-state index contributed by atoms with van der Waals surface area (Å²) in [6, 6.07) is 1.79. The zero-order chi connectivity index (χ0) is 12.3. The normalized spacial score (nSPS) is 12.3. The van der Waals surface area contributed by atoms with Crippen molar-refractivity contribution >= 4 is 5.97 Å². The molecule has 6 heteroatoms. The first-order valence-electron chi connectivity index (χ1n) is 5.15. The minimum absolute atomic E-state index is 0.335. The third-order valence-corrected chi connectivity index (χ3v) is 2.33. The smallest absolute Gasteiger partial charge is 0.312 e. The van der Waals surface area contributed by atoms with Crippen LogP contribution in [0.2, 0.25) is 0 Å². The van der Waals surface area contributed by atoms with Crippen molar-refractivity contribution in [3.05, 3.63) is 30.9 Å². The van der Waals surface area contributed by atoms with Crippen LogP contribution in [-0.4, -0.2) is 21.2 Å². The standard InChI is InChI=1S/C11H11N3O3/c1-8(11(15)16)7-14-4-2-9(6-13-14)10-12-3-5-17-10/h2-6,8H,7H2,1H3/p+1. The van der Waals surface area contributed by atoms with Gasteiger partial charge in [-0.2, -0.15) is 0 Å². The fourth-order valence-electron chi connectivity index (χ4n) is 1.34. The number of aliphatic carboxylic acids is 1. The maximum Gasteiger partial charge on any atom is 0.312 e. The van der Waals surface area contributed by atoms with Gasteiger partial charge in [0.1, 0.15) is 18.4 Å². The van der Waals surface area contributed by atoms with Crippen LogP contribution in [0.5, 0.6) is 0 Å². The van der Waals surface area contributed by atoms with E-state index in [-0.39, 0.29) is 0 Å². The molecule has 2 aromatic heterocycles. The van der Waals surface area contributed by atoms with Gasteiger partial charge in [0.25, 0.3) is 0 Å². The minimum atomic E-state index is -0.837. The highest BCUT2D eigenvalue weighted by molar-refractivity contribution is 5.69. The molecular formula is C11H12N3O3+. The summed E-state index contributed by atoms with van der Waals surface area (Å²) < 4.78 is 6.70. The van der Waals surface area contributed by atoms with E-state index in [1.54, 1.807) is 36.3 Å². The van der Waals surface area contributed by atoms with Crippen molar-refractivity contribution in [2.75, 3.05) is 0 Å². The zero-order valence-electron chi connectivity index (χ0n) is 9.28. The van der Waals surface area contributed by atoms with Gasteiger partial charge in [0, 0.05) is 6.07 Å². The van der Waals surface area contributed by atoms with Crippen LogP contribution in [0.1, 0.15) is 6.92 Å². The van der Waals surface area contributed by atoms with Gasteiger partial charge >= 0.3 is 5.97 Å². The van der Waals surface area contributed by atoms with E-state index in [1.807, 2.05) is 0 Å². The number of rotatable bonds is 4. The summed E-state index contributed by atoms with van der Waals surface area (Å²) in [7, 11) is 0. The molecule has 2 aromatic rings. The Balaban J connectivity index is 2.11. The first-order chi connectivity index (χ1) is 8.16. The van der Waals surface area contributed by atoms with Crippen molar-refractivity contribution in [2.45, 2.75) is 13.5 Å². The number of carboxylic acid groups (broad SMARTS) is 1. The van der Waals surface area contributed by atoms with Crippen molar-refractivity contribution in [1.82, 2.24) is 10.1 Å². The van der Waals surface area contributed by atoms with E-state index in [0.717, 1.165) is 5.56 Å². The molecule has 2 heterocycles. The van der Waals surface area contributed by atoms with Crippen LogP contribution in [0.25, 0.3) is 11.5 Å². The molecule has 0 aliphatic heterocycles. The number of carboxylic acids is 1. The molecule has 17 heavy (non-hydrogen) atoms. The SMILES string of the molecule is CC(C[n+]1ccc(-c2ncco2)cn1)C(=O)O. The summed E-state index contributed by atoms with van der Waals surface area (Å²) in [5, 5.41) is 12.9. The van der Waals surface area contributed by atoms with E-state index in [0.29, 0.717) is 12.4 Å². The average molecular weight is 234 g/mol. The molecule has 88 valence electrons. The summed E-state index contributed by atoms with van der Waals surface area (Å²) in [6.45, 7) is 1.97. The third kappa shape index (κ3) is 2.66. The molecule has 0 spiro atoms. The predicted molar refractivity (Wildman–Crippen MR) is 56.7 cm³/mol. The Morgan fingerprint density at radius 3 is 3.00 bits per heavy atom. The minimum Gasteiger partial charge on any atom is -0.481 e. The number of nitrogens with zero attached hydrogens (tertiary/aromatic N) is 3. The molecule has 1 unspecified atom stereocenters. The van der Waals surface area contributed by atoms with Crippen molar-refractivity contribution in [2.24, 2.45) is 5.92 Å².